The molecule has 0 radical (unpaired) electrons. The molecule has 0 aromatic rings. The van der Waals surface area contributed by atoms with Crippen molar-refractivity contribution in [3.8, 4) is 0 Å². The molecular weight excluding hydrogens is 124 g/mol. The molecular formula is C9H10O. The summed E-state index contributed by atoms with van der Waals surface area (Å²) in [7, 11) is 0. The van der Waals surface area contributed by atoms with Crippen molar-refractivity contribution in [1.29, 1.82) is 0 Å². The van der Waals surface area contributed by atoms with Crippen LogP contribution in [0.4, 0.5) is 0 Å². The molecule has 0 spiro atoms. The number of carbonyl (C=O) groups is 1. The average Bonchev–Trinajstić information content (AvgIpc) is 2.70. The van der Waals surface area contributed by atoms with Gasteiger partial charge >= 0.3 is 0 Å². The normalized spacial score (nSPS) is 36.0. The maximum absolute atomic E-state index is 11.3. The van der Waals surface area contributed by atoms with Crippen LogP contribution in [0.25, 0.3) is 0 Å². The van der Waals surface area contributed by atoms with E-state index >= 15 is 0 Å². The van der Waals surface area contributed by atoms with E-state index in [1.807, 2.05) is 0 Å². The van der Waals surface area contributed by atoms with Crippen LogP contribution in [0, 0.1) is 11.8 Å². The fourth-order valence-electron chi connectivity index (χ4n) is 1.25. The van der Waals surface area contributed by atoms with Gasteiger partial charge < -0.3 is 0 Å². The first-order valence-electron chi connectivity index (χ1n) is 3.59. The summed E-state index contributed by atoms with van der Waals surface area (Å²) in [5, 5.41) is 0. The second-order valence-corrected chi connectivity index (χ2v) is 3.23. The molecule has 0 aromatic carbocycles. The highest BCUT2D eigenvalue weighted by Crippen LogP contribution is 2.46. The van der Waals surface area contributed by atoms with Gasteiger partial charge in [-0.15, -0.1) is 0 Å². The van der Waals surface area contributed by atoms with Crippen LogP contribution >= 0.6 is 0 Å². The van der Waals surface area contributed by atoms with Crippen molar-refractivity contribution in [2.45, 2.75) is 12.8 Å². The average molecular weight is 134 g/mol. The molecule has 0 bridgehead atoms. The fraction of sp³-hybridized carbons (Fsp3) is 0.444. The molecule has 0 N–H and O–H groups in total. The van der Waals surface area contributed by atoms with Gasteiger partial charge in [0.05, 0.1) is 0 Å². The summed E-state index contributed by atoms with van der Waals surface area (Å²) < 4.78 is 0. The molecule has 1 heteroatoms. The monoisotopic (exact) mass is 134 g/mol. The van der Waals surface area contributed by atoms with E-state index in [0.717, 1.165) is 24.0 Å². The van der Waals surface area contributed by atoms with Crippen LogP contribution in [0.1, 0.15) is 12.8 Å². The highest BCUT2D eigenvalue weighted by atomic mass is 16.1. The minimum absolute atomic E-state index is 0.212. The van der Waals surface area contributed by atoms with Crippen LogP contribution < -0.4 is 0 Å². The van der Waals surface area contributed by atoms with E-state index in [1.165, 1.54) is 0 Å². The largest absolute Gasteiger partial charge is 0.298 e. The molecule has 2 aliphatic rings. The lowest BCUT2D eigenvalue weighted by atomic mass is 10.1. The number of Topliss-reactive ketones (excluding diaryl/α,β-unsaturated/α-hetero) is 1. The predicted octanol–water partition coefficient (Wildman–Crippen LogP) is 1.71. The van der Waals surface area contributed by atoms with Gasteiger partial charge in [0.15, 0.2) is 0 Å². The number of carbonyl (C=O) groups excluding carboxylic acids is 1. The first-order valence-corrected chi connectivity index (χ1v) is 3.59. The molecule has 0 aliphatic heterocycles. The Morgan fingerprint density at radius 1 is 1.20 bits per heavy atom. The van der Waals surface area contributed by atoms with Crippen LogP contribution in [-0.4, -0.2) is 5.78 Å². The molecule has 52 valence electrons. The molecule has 0 saturated heterocycles. The minimum Gasteiger partial charge on any atom is -0.298 e. The number of allylic oxidation sites excluding steroid dienone is 2. The van der Waals surface area contributed by atoms with E-state index in [-0.39, 0.29) is 11.8 Å². The Kier molecular flexibility index (Phi) is 0.942. The van der Waals surface area contributed by atoms with Gasteiger partial charge in [-0.3, -0.25) is 4.79 Å². The summed E-state index contributed by atoms with van der Waals surface area (Å²) >= 11 is 0. The fourth-order valence-corrected chi connectivity index (χ4v) is 1.25. The van der Waals surface area contributed by atoms with Crippen LogP contribution in [-0.2, 0) is 4.79 Å². The quantitative estimate of drug-likeness (QED) is 0.525. The zero-order valence-electron chi connectivity index (χ0n) is 5.89. The van der Waals surface area contributed by atoms with Gasteiger partial charge in [-0.2, -0.15) is 0 Å². The minimum atomic E-state index is 0.212. The lowest BCUT2D eigenvalue weighted by Crippen LogP contribution is -2.02. The maximum Gasteiger partial charge on any atom is 0.147 e. The second-order valence-electron chi connectivity index (χ2n) is 3.23. The van der Waals surface area contributed by atoms with Crippen molar-refractivity contribution in [2.75, 3.05) is 0 Å². The van der Waals surface area contributed by atoms with Gasteiger partial charge in [0.25, 0.3) is 0 Å². The SMILES string of the molecule is C=C1CC1C(=O)C1CC1=C. The van der Waals surface area contributed by atoms with Gasteiger partial charge in [-0.05, 0) is 12.8 Å². The van der Waals surface area contributed by atoms with Gasteiger partial charge in [0.2, 0.25) is 0 Å². The molecule has 2 unspecified atom stereocenters. The second kappa shape index (κ2) is 1.60. The lowest BCUT2D eigenvalue weighted by Gasteiger charge is -1.88. The van der Waals surface area contributed by atoms with Crippen molar-refractivity contribution in [2.24, 2.45) is 11.8 Å². The topological polar surface area (TPSA) is 17.1 Å². The third-order valence-electron chi connectivity index (χ3n) is 2.28. The van der Waals surface area contributed by atoms with Crippen LogP contribution in [0.2, 0.25) is 0 Å². The van der Waals surface area contributed by atoms with Crippen molar-refractivity contribution in [3.63, 3.8) is 0 Å². The Hall–Kier alpha value is -0.850. The Labute approximate surface area is 60.4 Å². The van der Waals surface area contributed by atoms with E-state index in [1.54, 1.807) is 0 Å². The summed E-state index contributed by atoms with van der Waals surface area (Å²) in [6, 6.07) is 0. The Bertz CT molecular complexity index is 213. The molecule has 0 amide bonds. The van der Waals surface area contributed by atoms with Crippen molar-refractivity contribution < 1.29 is 4.79 Å². The molecule has 2 fully saturated rings. The molecule has 10 heavy (non-hydrogen) atoms. The van der Waals surface area contributed by atoms with Crippen molar-refractivity contribution >= 4 is 5.78 Å². The Balaban J connectivity index is 2.01. The summed E-state index contributed by atoms with van der Waals surface area (Å²) in [6.45, 7) is 7.51. The van der Waals surface area contributed by atoms with Crippen LogP contribution in [0.5, 0.6) is 0 Å². The molecule has 2 atom stereocenters. The predicted molar refractivity (Wildman–Crippen MR) is 39.5 cm³/mol. The van der Waals surface area contributed by atoms with Gasteiger partial charge in [0.1, 0.15) is 5.78 Å². The summed E-state index contributed by atoms with van der Waals surface area (Å²) in [4.78, 5) is 11.3. The first kappa shape index (κ1) is 5.90. The van der Waals surface area contributed by atoms with Gasteiger partial charge in [0, 0.05) is 11.8 Å². The van der Waals surface area contributed by atoms with E-state index < -0.39 is 0 Å². The highest BCUT2D eigenvalue weighted by Gasteiger charge is 2.44. The number of ketones is 1. The molecule has 0 aromatic heterocycles. The first-order chi connectivity index (χ1) is 4.70. The third kappa shape index (κ3) is 0.737. The standard InChI is InChI=1S/C9H10O/c1-5-3-7(5)9(10)8-4-6(8)2/h7-8H,1-4H2. The van der Waals surface area contributed by atoms with E-state index in [0.29, 0.717) is 5.78 Å². The van der Waals surface area contributed by atoms with E-state index in [9.17, 15) is 4.79 Å². The van der Waals surface area contributed by atoms with Crippen molar-refractivity contribution in [3.05, 3.63) is 24.3 Å². The van der Waals surface area contributed by atoms with E-state index in [2.05, 4.69) is 13.2 Å². The molecule has 1 nitrogen and oxygen atoms in total. The zero-order chi connectivity index (χ0) is 7.30. The van der Waals surface area contributed by atoms with Gasteiger partial charge in [-0.25, -0.2) is 0 Å². The number of hydrogen-bond acceptors (Lipinski definition) is 1. The smallest absolute Gasteiger partial charge is 0.147 e. The van der Waals surface area contributed by atoms with E-state index in [4.69, 9.17) is 0 Å². The summed E-state index contributed by atoms with van der Waals surface area (Å²) in [5.74, 6) is 0.795. The molecule has 0 heterocycles. The Morgan fingerprint density at radius 2 is 1.50 bits per heavy atom. The third-order valence-corrected chi connectivity index (χ3v) is 2.28. The zero-order valence-corrected chi connectivity index (χ0v) is 5.89. The van der Waals surface area contributed by atoms with Crippen molar-refractivity contribution in [1.82, 2.24) is 0 Å². The van der Waals surface area contributed by atoms with Crippen LogP contribution in [0.3, 0.4) is 0 Å². The summed E-state index contributed by atoms with van der Waals surface area (Å²) in [5.41, 5.74) is 2.23. The lowest BCUT2D eigenvalue weighted by molar-refractivity contribution is -0.120. The molecule has 2 rings (SSSR count). The van der Waals surface area contributed by atoms with Gasteiger partial charge in [-0.1, -0.05) is 24.3 Å². The number of rotatable bonds is 2. The highest BCUT2D eigenvalue weighted by molar-refractivity contribution is 5.94. The maximum atomic E-state index is 11.3. The van der Waals surface area contributed by atoms with Crippen LogP contribution in [0.15, 0.2) is 24.3 Å². The number of hydrogen-bond donors (Lipinski definition) is 0. The molecule has 2 aliphatic carbocycles. The Morgan fingerprint density at radius 3 is 1.70 bits per heavy atom. The molecule has 2 saturated carbocycles. The summed E-state index contributed by atoms with van der Waals surface area (Å²) in [6.07, 6.45) is 1.87.